The van der Waals surface area contributed by atoms with E-state index in [0.29, 0.717) is 29.7 Å². The van der Waals surface area contributed by atoms with Gasteiger partial charge in [0.25, 0.3) is 6.01 Å². The van der Waals surface area contributed by atoms with Crippen LogP contribution in [-0.4, -0.2) is 36.2 Å². The van der Waals surface area contributed by atoms with E-state index in [9.17, 15) is 0 Å². The standard InChI is InChI=1S/C25H29N5O/c26-16-18-11-13-20(14-12-18)30-15-5-6-19(17-30)27-21-7-1-2-8-22(21)28-25-29-23-9-3-4-10-24(23)31-25/h3-4,9-14,19,21-22,27H,1-2,5-8,15,17H2,(H,28,29)/t19?,21-,22-/m1/s1. The Bertz CT molecular complexity index is 1020. The fraction of sp³-hybridized carbons (Fsp3) is 0.440. The van der Waals surface area contributed by atoms with Crippen molar-refractivity contribution in [2.45, 2.75) is 56.7 Å². The third-order valence-corrected chi connectivity index (χ3v) is 6.60. The van der Waals surface area contributed by atoms with Gasteiger partial charge < -0.3 is 20.0 Å². The Morgan fingerprint density at radius 3 is 2.58 bits per heavy atom. The van der Waals surface area contributed by atoms with Gasteiger partial charge in [-0.2, -0.15) is 10.2 Å². The number of benzene rings is 2. The number of hydrogen-bond acceptors (Lipinski definition) is 6. The minimum Gasteiger partial charge on any atom is -0.424 e. The van der Waals surface area contributed by atoms with Crippen LogP contribution in [0.3, 0.4) is 0 Å². The molecule has 3 atom stereocenters. The molecule has 1 saturated carbocycles. The highest BCUT2D eigenvalue weighted by Crippen LogP contribution is 2.27. The second-order valence-corrected chi connectivity index (χ2v) is 8.74. The van der Waals surface area contributed by atoms with Crippen LogP contribution in [0.1, 0.15) is 44.1 Å². The van der Waals surface area contributed by atoms with E-state index >= 15 is 0 Å². The summed E-state index contributed by atoms with van der Waals surface area (Å²) in [5, 5.41) is 16.6. The number of nitrogens with zero attached hydrogens (tertiary/aromatic N) is 3. The van der Waals surface area contributed by atoms with Crippen LogP contribution < -0.4 is 15.5 Å². The van der Waals surface area contributed by atoms with E-state index in [1.54, 1.807) is 0 Å². The van der Waals surface area contributed by atoms with Gasteiger partial charge in [-0.05, 0) is 62.1 Å². The number of hydrogen-bond donors (Lipinski definition) is 2. The van der Waals surface area contributed by atoms with Crippen molar-refractivity contribution in [1.29, 1.82) is 5.26 Å². The van der Waals surface area contributed by atoms with Crippen LogP contribution >= 0.6 is 0 Å². The number of oxazole rings is 1. The maximum absolute atomic E-state index is 9.04. The van der Waals surface area contributed by atoms with Crippen molar-refractivity contribution in [3.63, 3.8) is 0 Å². The molecular formula is C25H29N5O. The Balaban J connectivity index is 1.24. The van der Waals surface area contributed by atoms with Crippen molar-refractivity contribution in [2.75, 3.05) is 23.3 Å². The quantitative estimate of drug-likeness (QED) is 0.630. The van der Waals surface area contributed by atoms with Crippen molar-refractivity contribution in [1.82, 2.24) is 10.3 Å². The molecule has 1 aliphatic carbocycles. The molecule has 0 bridgehead atoms. The normalized spacial score (nSPS) is 24.1. The largest absolute Gasteiger partial charge is 0.424 e. The first-order valence-electron chi connectivity index (χ1n) is 11.4. The molecule has 6 nitrogen and oxygen atoms in total. The van der Waals surface area contributed by atoms with E-state index in [2.05, 4.69) is 38.7 Å². The van der Waals surface area contributed by atoms with Gasteiger partial charge in [-0.15, -0.1) is 0 Å². The maximum Gasteiger partial charge on any atom is 0.295 e. The van der Waals surface area contributed by atoms with Gasteiger partial charge in [-0.3, -0.25) is 0 Å². The fourth-order valence-corrected chi connectivity index (χ4v) is 4.99. The Morgan fingerprint density at radius 2 is 1.77 bits per heavy atom. The molecule has 0 amide bonds. The van der Waals surface area contributed by atoms with Crippen molar-refractivity contribution in [3.05, 3.63) is 54.1 Å². The molecule has 2 N–H and O–H groups in total. The topological polar surface area (TPSA) is 77.1 Å². The lowest BCUT2D eigenvalue weighted by Gasteiger charge is -2.40. The molecular weight excluding hydrogens is 386 g/mol. The van der Waals surface area contributed by atoms with Crippen molar-refractivity contribution >= 4 is 22.8 Å². The van der Waals surface area contributed by atoms with E-state index in [0.717, 1.165) is 30.6 Å². The molecule has 5 rings (SSSR count). The lowest BCUT2D eigenvalue weighted by atomic mass is 9.89. The van der Waals surface area contributed by atoms with Crippen molar-refractivity contribution in [3.8, 4) is 6.07 Å². The summed E-state index contributed by atoms with van der Waals surface area (Å²) in [6.07, 6.45) is 7.16. The number of nitriles is 1. The van der Waals surface area contributed by atoms with Gasteiger partial charge >= 0.3 is 0 Å². The SMILES string of the molecule is N#Cc1ccc(N2CCCC(N[C@@H]3CCCC[C@H]3Nc3nc4ccccc4o3)C2)cc1. The summed E-state index contributed by atoms with van der Waals surface area (Å²) in [6.45, 7) is 2.07. The number of anilines is 2. The van der Waals surface area contributed by atoms with Crippen molar-refractivity contribution < 1.29 is 4.42 Å². The first-order valence-corrected chi connectivity index (χ1v) is 11.4. The minimum atomic E-state index is 0.326. The van der Waals surface area contributed by atoms with Crippen LogP contribution in [0.25, 0.3) is 11.1 Å². The number of rotatable bonds is 5. The van der Waals surface area contributed by atoms with Gasteiger partial charge in [-0.25, -0.2) is 0 Å². The van der Waals surface area contributed by atoms with E-state index in [1.807, 2.05) is 36.4 Å². The first kappa shape index (κ1) is 19.9. The molecule has 2 heterocycles. The Kier molecular flexibility index (Phi) is 5.77. The molecule has 2 aromatic carbocycles. The van der Waals surface area contributed by atoms with E-state index in [4.69, 9.17) is 9.68 Å². The highest BCUT2D eigenvalue weighted by atomic mass is 16.4. The Hall–Kier alpha value is -3.04. The lowest BCUT2D eigenvalue weighted by molar-refractivity contribution is 0.291. The lowest BCUT2D eigenvalue weighted by Crippen LogP contribution is -2.54. The van der Waals surface area contributed by atoms with Crippen LogP contribution in [-0.2, 0) is 0 Å². The van der Waals surface area contributed by atoms with Crippen LogP contribution in [0.5, 0.6) is 0 Å². The highest BCUT2D eigenvalue weighted by Gasteiger charge is 2.30. The summed E-state index contributed by atoms with van der Waals surface area (Å²) in [7, 11) is 0. The number of piperidine rings is 1. The second-order valence-electron chi connectivity index (χ2n) is 8.74. The predicted molar refractivity (Wildman–Crippen MR) is 123 cm³/mol. The summed E-state index contributed by atoms with van der Waals surface area (Å²) in [4.78, 5) is 7.06. The summed E-state index contributed by atoms with van der Waals surface area (Å²) >= 11 is 0. The molecule has 3 aromatic rings. The summed E-state index contributed by atoms with van der Waals surface area (Å²) in [5.41, 5.74) is 3.65. The zero-order chi connectivity index (χ0) is 21.0. The van der Waals surface area contributed by atoms with Gasteiger partial charge in [0.1, 0.15) is 5.52 Å². The van der Waals surface area contributed by atoms with Gasteiger partial charge in [0.15, 0.2) is 5.58 Å². The number of nitrogens with one attached hydrogen (secondary N) is 2. The molecule has 1 aromatic heterocycles. The third kappa shape index (κ3) is 4.52. The molecule has 1 unspecified atom stereocenters. The molecule has 2 fully saturated rings. The molecule has 1 saturated heterocycles. The van der Waals surface area contributed by atoms with E-state index in [1.165, 1.54) is 37.8 Å². The smallest absolute Gasteiger partial charge is 0.295 e. The van der Waals surface area contributed by atoms with Gasteiger partial charge in [-0.1, -0.05) is 25.0 Å². The van der Waals surface area contributed by atoms with E-state index < -0.39 is 0 Å². The van der Waals surface area contributed by atoms with Crippen LogP contribution in [0, 0.1) is 11.3 Å². The number of aromatic nitrogens is 1. The van der Waals surface area contributed by atoms with E-state index in [-0.39, 0.29) is 0 Å². The zero-order valence-electron chi connectivity index (χ0n) is 17.8. The Labute approximate surface area is 183 Å². The van der Waals surface area contributed by atoms with Gasteiger partial charge in [0.05, 0.1) is 11.6 Å². The zero-order valence-corrected chi connectivity index (χ0v) is 17.8. The summed E-state index contributed by atoms with van der Waals surface area (Å²) in [5.74, 6) is 0. The third-order valence-electron chi connectivity index (χ3n) is 6.60. The molecule has 6 heteroatoms. The second kappa shape index (κ2) is 8.99. The molecule has 0 spiro atoms. The molecule has 1 aliphatic heterocycles. The summed E-state index contributed by atoms with van der Waals surface area (Å²) < 4.78 is 5.92. The molecule has 0 radical (unpaired) electrons. The van der Waals surface area contributed by atoms with Crippen LogP contribution in [0.4, 0.5) is 11.7 Å². The highest BCUT2D eigenvalue weighted by molar-refractivity contribution is 5.74. The monoisotopic (exact) mass is 415 g/mol. The summed E-state index contributed by atoms with van der Waals surface area (Å²) in [6, 6.07) is 19.9. The minimum absolute atomic E-state index is 0.326. The van der Waals surface area contributed by atoms with Gasteiger partial charge in [0.2, 0.25) is 0 Å². The van der Waals surface area contributed by atoms with Crippen molar-refractivity contribution in [2.24, 2.45) is 0 Å². The maximum atomic E-state index is 9.04. The number of fused-ring (bicyclic) bond motifs is 1. The average Bonchev–Trinajstić information content (AvgIpc) is 3.23. The fourth-order valence-electron chi connectivity index (χ4n) is 4.99. The van der Waals surface area contributed by atoms with Crippen LogP contribution in [0.2, 0.25) is 0 Å². The molecule has 31 heavy (non-hydrogen) atoms. The molecule has 160 valence electrons. The number of para-hydroxylation sites is 2. The van der Waals surface area contributed by atoms with Gasteiger partial charge in [0, 0.05) is 36.9 Å². The average molecular weight is 416 g/mol. The Morgan fingerprint density at radius 1 is 0.968 bits per heavy atom. The molecule has 2 aliphatic rings. The predicted octanol–water partition coefficient (Wildman–Crippen LogP) is 4.68. The van der Waals surface area contributed by atoms with Crippen LogP contribution in [0.15, 0.2) is 52.9 Å². The first-order chi connectivity index (χ1) is 15.3.